The van der Waals surface area contributed by atoms with E-state index in [-0.39, 0.29) is 21.8 Å². The highest BCUT2D eigenvalue weighted by atomic mass is 16.5. The number of para-hydroxylation sites is 1. The summed E-state index contributed by atoms with van der Waals surface area (Å²) < 4.78 is 5.81. The Balaban J connectivity index is 1.98. The third-order valence-corrected chi connectivity index (χ3v) is 4.11. The average Bonchev–Trinajstić information content (AvgIpc) is 2.67. The van der Waals surface area contributed by atoms with Crippen LogP contribution in [0.3, 0.4) is 0 Å². The minimum Gasteiger partial charge on any atom is -0.492 e. The first-order valence-electron chi connectivity index (χ1n) is 9.00. The van der Waals surface area contributed by atoms with Gasteiger partial charge in [0.25, 0.3) is 11.1 Å². The summed E-state index contributed by atoms with van der Waals surface area (Å²) >= 11 is 0. The van der Waals surface area contributed by atoms with E-state index in [0.29, 0.717) is 12.4 Å². The molecule has 2 aromatic carbocycles. The second-order valence-corrected chi connectivity index (χ2v) is 6.62. The van der Waals surface area contributed by atoms with Crippen LogP contribution >= 0.6 is 0 Å². The van der Waals surface area contributed by atoms with Crippen LogP contribution in [0.5, 0.6) is 5.75 Å². The van der Waals surface area contributed by atoms with Gasteiger partial charge in [0.05, 0.1) is 0 Å². The van der Waals surface area contributed by atoms with E-state index in [1.807, 2.05) is 73.6 Å². The molecule has 0 bridgehead atoms. The zero-order valence-electron chi connectivity index (χ0n) is 15.9. The predicted octanol–water partition coefficient (Wildman–Crippen LogP) is 0.661. The molecule has 0 saturated heterocycles. The second-order valence-electron chi connectivity index (χ2n) is 6.62. The molecule has 0 saturated carbocycles. The molecule has 0 amide bonds. The minimum atomic E-state index is -0.370. The predicted molar refractivity (Wildman–Crippen MR) is 111 cm³/mol. The van der Waals surface area contributed by atoms with E-state index in [1.165, 1.54) is 0 Å². The third kappa shape index (κ3) is 5.08. The molecule has 6 heteroatoms. The standard InChI is InChI=1S/C22H23N3O3/c1-25(2)12-13-28-20-11-7-6-10-17(20)15-19-22(27)23-18(21(26)24-19)14-16-8-4-3-5-9-16/h3-11,14-15H,12-13H2,1-2H3,(H,23,27)(H,24,26)/b18-14-,19-15-. The third-order valence-electron chi connectivity index (χ3n) is 4.11. The van der Waals surface area contributed by atoms with Crippen LogP contribution in [0, 0.1) is 0 Å². The van der Waals surface area contributed by atoms with Gasteiger partial charge in [0.15, 0.2) is 0 Å². The van der Waals surface area contributed by atoms with E-state index in [9.17, 15) is 9.59 Å². The van der Waals surface area contributed by atoms with E-state index in [2.05, 4.69) is 9.97 Å². The lowest BCUT2D eigenvalue weighted by molar-refractivity contribution is 0.261. The zero-order chi connectivity index (χ0) is 19.9. The fraction of sp³-hybridized carbons (Fsp3) is 0.182. The Labute approximate surface area is 162 Å². The topological polar surface area (TPSA) is 78.2 Å². The molecule has 3 aromatic rings. The molecule has 0 spiro atoms. The lowest BCUT2D eigenvalue weighted by atomic mass is 10.2. The maximum absolute atomic E-state index is 12.5. The molecule has 28 heavy (non-hydrogen) atoms. The monoisotopic (exact) mass is 377 g/mol. The van der Waals surface area contributed by atoms with Crippen molar-refractivity contribution in [2.45, 2.75) is 0 Å². The van der Waals surface area contributed by atoms with Crippen LogP contribution in [0.1, 0.15) is 11.1 Å². The van der Waals surface area contributed by atoms with Gasteiger partial charge in [0.2, 0.25) is 0 Å². The molecule has 0 aliphatic rings. The van der Waals surface area contributed by atoms with Gasteiger partial charge in [0, 0.05) is 12.1 Å². The molecular formula is C22H23N3O3. The minimum absolute atomic E-state index is 0.180. The van der Waals surface area contributed by atoms with Gasteiger partial charge in [-0.05, 0) is 37.9 Å². The first-order chi connectivity index (χ1) is 13.5. The van der Waals surface area contributed by atoms with Gasteiger partial charge in [-0.3, -0.25) is 9.59 Å². The van der Waals surface area contributed by atoms with Gasteiger partial charge in [-0.2, -0.15) is 0 Å². The number of benzene rings is 2. The van der Waals surface area contributed by atoms with Crippen molar-refractivity contribution in [1.82, 2.24) is 14.9 Å². The fourth-order valence-corrected chi connectivity index (χ4v) is 2.64. The van der Waals surface area contributed by atoms with Gasteiger partial charge in [-0.1, -0.05) is 48.5 Å². The maximum Gasteiger partial charge on any atom is 0.272 e. The number of nitrogens with zero attached hydrogens (tertiary/aromatic N) is 1. The van der Waals surface area contributed by atoms with Crippen molar-refractivity contribution in [2.75, 3.05) is 27.2 Å². The second kappa shape index (κ2) is 9.01. The Morgan fingerprint density at radius 1 is 0.857 bits per heavy atom. The summed E-state index contributed by atoms with van der Waals surface area (Å²) in [7, 11) is 3.94. The Morgan fingerprint density at radius 3 is 2.14 bits per heavy atom. The van der Waals surface area contributed by atoms with E-state index in [4.69, 9.17) is 4.74 Å². The molecule has 1 aromatic heterocycles. The van der Waals surface area contributed by atoms with Crippen LogP contribution in [-0.2, 0) is 0 Å². The molecule has 0 radical (unpaired) electrons. The summed E-state index contributed by atoms with van der Waals surface area (Å²) in [5.41, 5.74) is 0.827. The van der Waals surface area contributed by atoms with E-state index >= 15 is 0 Å². The van der Waals surface area contributed by atoms with Crippen molar-refractivity contribution in [3.63, 3.8) is 0 Å². The van der Waals surface area contributed by atoms with Crippen molar-refractivity contribution >= 4 is 12.2 Å². The quantitative estimate of drug-likeness (QED) is 0.662. The number of ether oxygens (including phenoxy) is 1. The molecule has 0 aliphatic carbocycles. The van der Waals surface area contributed by atoms with Crippen LogP contribution in [0.4, 0.5) is 0 Å². The number of nitrogens with one attached hydrogen (secondary N) is 2. The van der Waals surface area contributed by atoms with Gasteiger partial charge >= 0.3 is 0 Å². The van der Waals surface area contributed by atoms with Crippen LogP contribution in [-0.4, -0.2) is 42.1 Å². The summed E-state index contributed by atoms with van der Waals surface area (Å²) in [6.45, 7) is 1.30. The molecule has 144 valence electrons. The van der Waals surface area contributed by atoms with Crippen molar-refractivity contribution < 1.29 is 4.74 Å². The Hall–Kier alpha value is -3.38. The lowest BCUT2D eigenvalue weighted by Crippen LogP contribution is -2.46. The molecule has 0 atom stereocenters. The molecular weight excluding hydrogens is 354 g/mol. The van der Waals surface area contributed by atoms with Crippen LogP contribution < -0.4 is 26.6 Å². The summed E-state index contributed by atoms with van der Waals surface area (Å²) in [6.07, 6.45) is 3.26. The van der Waals surface area contributed by atoms with Crippen molar-refractivity contribution in [1.29, 1.82) is 0 Å². The SMILES string of the molecule is CN(C)CCOc1ccccc1/C=c1\[nH]c(=O)/c(=C/c2ccccc2)[nH]c1=O. The first-order valence-corrected chi connectivity index (χ1v) is 9.00. The number of aromatic nitrogens is 2. The highest BCUT2D eigenvalue weighted by molar-refractivity contribution is 5.56. The number of rotatable bonds is 6. The highest BCUT2D eigenvalue weighted by Gasteiger charge is 2.03. The molecule has 0 unspecified atom stereocenters. The number of likely N-dealkylation sites (N-methyl/N-ethyl adjacent to an activating group) is 1. The van der Waals surface area contributed by atoms with Gasteiger partial charge in [0.1, 0.15) is 23.1 Å². The average molecular weight is 377 g/mol. The van der Waals surface area contributed by atoms with E-state index in [0.717, 1.165) is 17.7 Å². The van der Waals surface area contributed by atoms with Crippen molar-refractivity contribution in [3.8, 4) is 5.75 Å². The molecule has 0 fully saturated rings. The number of H-pyrrole nitrogens is 2. The van der Waals surface area contributed by atoms with Crippen LogP contribution in [0.2, 0.25) is 0 Å². The summed E-state index contributed by atoms with van der Waals surface area (Å²) in [6, 6.07) is 16.7. The lowest BCUT2D eigenvalue weighted by Gasteiger charge is -2.12. The normalized spacial score (nSPS) is 12.5. The fourth-order valence-electron chi connectivity index (χ4n) is 2.64. The van der Waals surface area contributed by atoms with Gasteiger partial charge < -0.3 is 19.6 Å². The smallest absolute Gasteiger partial charge is 0.272 e. The molecule has 3 rings (SSSR count). The molecule has 6 nitrogen and oxygen atoms in total. The molecule has 1 heterocycles. The largest absolute Gasteiger partial charge is 0.492 e. The van der Waals surface area contributed by atoms with Crippen molar-refractivity contribution in [2.24, 2.45) is 0 Å². The summed E-state index contributed by atoms with van der Waals surface area (Å²) in [4.78, 5) is 32.2. The van der Waals surface area contributed by atoms with Crippen LogP contribution in [0.25, 0.3) is 12.2 Å². The summed E-state index contributed by atoms with van der Waals surface area (Å²) in [5.74, 6) is 0.657. The zero-order valence-corrected chi connectivity index (χ0v) is 15.9. The number of hydrogen-bond acceptors (Lipinski definition) is 4. The Bertz CT molecular complexity index is 1160. The molecule has 2 N–H and O–H groups in total. The van der Waals surface area contributed by atoms with Gasteiger partial charge in [-0.15, -0.1) is 0 Å². The highest BCUT2D eigenvalue weighted by Crippen LogP contribution is 2.18. The first kappa shape index (κ1) is 19.4. The van der Waals surface area contributed by atoms with Gasteiger partial charge in [-0.25, -0.2) is 0 Å². The number of hydrogen-bond donors (Lipinski definition) is 2. The van der Waals surface area contributed by atoms with Crippen LogP contribution in [0.15, 0.2) is 64.2 Å². The Kier molecular flexibility index (Phi) is 6.24. The number of aromatic amines is 2. The maximum atomic E-state index is 12.5. The Morgan fingerprint density at radius 2 is 1.46 bits per heavy atom. The molecule has 0 aliphatic heterocycles. The van der Waals surface area contributed by atoms with E-state index < -0.39 is 0 Å². The van der Waals surface area contributed by atoms with E-state index in [1.54, 1.807) is 12.2 Å². The summed E-state index contributed by atoms with van der Waals surface area (Å²) in [5, 5.41) is 0.391. The van der Waals surface area contributed by atoms with Crippen molar-refractivity contribution in [3.05, 3.63) is 97.1 Å².